The number of anilines is 1. The lowest BCUT2D eigenvalue weighted by molar-refractivity contribution is 0.317. The third-order valence-corrected chi connectivity index (χ3v) is 3.31. The van der Waals surface area contributed by atoms with Gasteiger partial charge < -0.3 is 10.1 Å². The minimum Gasteiger partial charge on any atom is -0.494 e. The van der Waals surface area contributed by atoms with Crippen LogP contribution < -0.4 is 10.1 Å². The Bertz CT molecular complexity index is 287. The molecule has 0 saturated carbocycles. The van der Waals surface area contributed by atoms with Gasteiger partial charge in [0.15, 0.2) is 0 Å². The molecule has 2 nitrogen and oxygen atoms in total. The van der Waals surface area contributed by atoms with Crippen molar-refractivity contribution in [1.82, 2.24) is 0 Å². The van der Waals surface area contributed by atoms with Crippen LogP contribution in [0.3, 0.4) is 0 Å². The monoisotopic (exact) mass is 253 g/mol. The molecule has 0 saturated heterocycles. The van der Waals surface area contributed by atoms with E-state index < -0.39 is 0 Å². The van der Waals surface area contributed by atoms with E-state index >= 15 is 0 Å². The average Bonchev–Trinajstić information content (AvgIpc) is 2.37. The zero-order valence-electron chi connectivity index (χ0n) is 10.9. The van der Waals surface area contributed by atoms with Crippen LogP contribution in [0.2, 0.25) is 0 Å². The molecule has 0 atom stereocenters. The SMILES string of the molecule is CCCOc1ccc(NCCCSCC)cc1. The summed E-state index contributed by atoms with van der Waals surface area (Å²) in [7, 11) is 0. The molecule has 3 heteroatoms. The fourth-order valence-electron chi connectivity index (χ4n) is 1.44. The van der Waals surface area contributed by atoms with E-state index in [1.54, 1.807) is 0 Å². The molecule has 1 aromatic carbocycles. The van der Waals surface area contributed by atoms with Crippen molar-refractivity contribution in [3.8, 4) is 5.75 Å². The van der Waals surface area contributed by atoms with Crippen LogP contribution in [-0.4, -0.2) is 24.7 Å². The summed E-state index contributed by atoms with van der Waals surface area (Å²) in [6.45, 7) is 6.15. The first-order chi connectivity index (χ1) is 8.36. The number of nitrogens with one attached hydrogen (secondary N) is 1. The maximum absolute atomic E-state index is 5.54. The number of ether oxygens (including phenoxy) is 1. The molecule has 0 bridgehead atoms. The molecule has 0 aliphatic rings. The maximum Gasteiger partial charge on any atom is 0.119 e. The van der Waals surface area contributed by atoms with Crippen molar-refractivity contribution in [1.29, 1.82) is 0 Å². The molecule has 0 amide bonds. The Kier molecular flexibility index (Phi) is 7.72. The highest BCUT2D eigenvalue weighted by molar-refractivity contribution is 7.99. The summed E-state index contributed by atoms with van der Waals surface area (Å²) < 4.78 is 5.54. The molecule has 17 heavy (non-hydrogen) atoms. The molecule has 0 fully saturated rings. The van der Waals surface area contributed by atoms with Crippen molar-refractivity contribution in [3.63, 3.8) is 0 Å². The molecule has 0 aliphatic carbocycles. The second-order valence-electron chi connectivity index (χ2n) is 3.85. The van der Waals surface area contributed by atoms with Gasteiger partial charge in [0.25, 0.3) is 0 Å². The van der Waals surface area contributed by atoms with E-state index in [2.05, 4.69) is 31.3 Å². The first kappa shape index (κ1) is 14.2. The zero-order valence-corrected chi connectivity index (χ0v) is 11.7. The van der Waals surface area contributed by atoms with E-state index in [0.717, 1.165) is 25.3 Å². The van der Waals surface area contributed by atoms with Crippen molar-refractivity contribution in [2.75, 3.05) is 30.0 Å². The van der Waals surface area contributed by atoms with Gasteiger partial charge in [-0.1, -0.05) is 13.8 Å². The highest BCUT2D eigenvalue weighted by Crippen LogP contribution is 2.15. The zero-order chi connectivity index (χ0) is 12.3. The standard InChI is InChI=1S/C14H23NOS/c1-3-11-16-14-8-6-13(7-9-14)15-10-5-12-17-4-2/h6-9,15H,3-5,10-12H2,1-2H3. The molecule has 1 N–H and O–H groups in total. The first-order valence-electron chi connectivity index (χ1n) is 6.41. The van der Waals surface area contributed by atoms with E-state index in [1.165, 1.54) is 23.6 Å². The van der Waals surface area contributed by atoms with Gasteiger partial charge in [-0.25, -0.2) is 0 Å². The molecule has 0 spiro atoms. The van der Waals surface area contributed by atoms with Crippen molar-refractivity contribution >= 4 is 17.4 Å². The summed E-state index contributed by atoms with van der Waals surface area (Å²) in [5.41, 5.74) is 1.18. The van der Waals surface area contributed by atoms with Crippen molar-refractivity contribution in [2.45, 2.75) is 26.7 Å². The average molecular weight is 253 g/mol. The van der Waals surface area contributed by atoms with Crippen LogP contribution in [0.1, 0.15) is 26.7 Å². The highest BCUT2D eigenvalue weighted by Gasteiger charge is 1.94. The smallest absolute Gasteiger partial charge is 0.119 e. The van der Waals surface area contributed by atoms with Crippen LogP contribution in [0.5, 0.6) is 5.75 Å². The number of benzene rings is 1. The summed E-state index contributed by atoms with van der Waals surface area (Å²) >= 11 is 1.99. The summed E-state index contributed by atoms with van der Waals surface area (Å²) in [5, 5.41) is 3.42. The largest absolute Gasteiger partial charge is 0.494 e. The van der Waals surface area contributed by atoms with E-state index in [-0.39, 0.29) is 0 Å². The molecule has 0 radical (unpaired) electrons. The van der Waals surface area contributed by atoms with Gasteiger partial charge in [-0.3, -0.25) is 0 Å². The van der Waals surface area contributed by atoms with Crippen LogP contribution >= 0.6 is 11.8 Å². The summed E-state index contributed by atoms with van der Waals surface area (Å²) in [5.74, 6) is 3.41. The molecular weight excluding hydrogens is 230 g/mol. The van der Waals surface area contributed by atoms with Crippen molar-refractivity contribution in [3.05, 3.63) is 24.3 Å². The van der Waals surface area contributed by atoms with Gasteiger partial charge in [-0.2, -0.15) is 11.8 Å². The number of thioether (sulfide) groups is 1. The molecular formula is C14H23NOS. The van der Waals surface area contributed by atoms with Crippen LogP contribution in [0, 0.1) is 0 Å². The Hall–Kier alpha value is -0.830. The quantitative estimate of drug-likeness (QED) is 0.671. The lowest BCUT2D eigenvalue weighted by Crippen LogP contribution is -2.02. The Morgan fingerprint density at radius 2 is 1.94 bits per heavy atom. The molecule has 1 rings (SSSR count). The van der Waals surface area contributed by atoms with Gasteiger partial charge in [0.1, 0.15) is 5.75 Å². The van der Waals surface area contributed by atoms with Crippen LogP contribution in [0.4, 0.5) is 5.69 Å². The lowest BCUT2D eigenvalue weighted by Gasteiger charge is -2.08. The third-order valence-electron chi connectivity index (χ3n) is 2.33. The number of hydrogen-bond donors (Lipinski definition) is 1. The Morgan fingerprint density at radius 3 is 2.59 bits per heavy atom. The van der Waals surface area contributed by atoms with Crippen LogP contribution in [0.15, 0.2) is 24.3 Å². The van der Waals surface area contributed by atoms with Crippen molar-refractivity contribution in [2.24, 2.45) is 0 Å². The lowest BCUT2D eigenvalue weighted by atomic mass is 10.3. The minimum atomic E-state index is 0.793. The van der Waals surface area contributed by atoms with Gasteiger partial charge in [0.2, 0.25) is 0 Å². The molecule has 96 valence electrons. The second-order valence-corrected chi connectivity index (χ2v) is 5.24. The van der Waals surface area contributed by atoms with Gasteiger partial charge >= 0.3 is 0 Å². The van der Waals surface area contributed by atoms with Crippen LogP contribution in [-0.2, 0) is 0 Å². The topological polar surface area (TPSA) is 21.3 Å². The van der Waals surface area contributed by atoms with Crippen molar-refractivity contribution < 1.29 is 4.74 Å². The molecule has 1 aromatic rings. The highest BCUT2D eigenvalue weighted by atomic mass is 32.2. The minimum absolute atomic E-state index is 0.793. The molecule has 0 heterocycles. The van der Waals surface area contributed by atoms with E-state index in [9.17, 15) is 0 Å². The van der Waals surface area contributed by atoms with Gasteiger partial charge in [0.05, 0.1) is 6.61 Å². The third kappa shape index (κ3) is 6.47. The van der Waals surface area contributed by atoms with E-state index in [1.807, 2.05) is 23.9 Å². The summed E-state index contributed by atoms with van der Waals surface area (Å²) in [6.07, 6.45) is 2.27. The van der Waals surface area contributed by atoms with E-state index in [4.69, 9.17) is 4.74 Å². The van der Waals surface area contributed by atoms with E-state index in [0.29, 0.717) is 0 Å². The number of hydrogen-bond acceptors (Lipinski definition) is 3. The molecule has 0 aromatic heterocycles. The molecule has 0 unspecified atom stereocenters. The Balaban J connectivity index is 2.20. The maximum atomic E-state index is 5.54. The predicted molar refractivity (Wildman–Crippen MR) is 78.3 cm³/mol. The van der Waals surface area contributed by atoms with Gasteiger partial charge in [0, 0.05) is 12.2 Å². The number of rotatable bonds is 9. The first-order valence-corrected chi connectivity index (χ1v) is 7.56. The van der Waals surface area contributed by atoms with Gasteiger partial charge in [-0.15, -0.1) is 0 Å². The van der Waals surface area contributed by atoms with Gasteiger partial charge in [-0.05, 0) is 48.6 Å². The Morgan fingerprint density at radius 1 is 1.18 bits per heavy atom. The fourth-order valence-corrected chi connectivity index (χ4v) is 2.08. The normalized spacial score (nSPS) is 10.2. The Labute approximate surface area is 109 Å². The van der Waals surface area contributed by atoms with Crippen LogP contribution in [0.25, 0.3) is 0 Å². The molecule has 0 aliphatic heterocycles. The second kappa shape index (κ2) is 9.23. The predicted octanol–water partition coefficient (Wildman–Crippen LogP) is 4.03. The summed E-state index contributed by atoms with van der Waals surface area (Å²) in [6, 6.07) is 8.22. The summed E-state index contributed by atoms with van der Waals surface area (Å²) in [4.78, 5) is 0. The fraction of sp³-hybridized carbons (Fsp3) is 0.571.